The molecule has 2 aromatic rings. The van der Waals surface area contributed by atoms with Crippen molar-refractivity contribution < 1.29 is 0 Å². The van der Waals surface area contributed by atoms with Gasteiger partial charge in [0.25, 0.3) is 0 Å². The van der Waals surface area contributed by atoms with Gasteiger partial charge in [-0.2, -0.15) is 0 Å². The summed E-state index contributed by atoms with van der Waals surface area (Å²) in [4.78, 5) is 0. The van der Waals surface area contributed by atoms with Gasteiger partial charge in [-0.3, -0.25) is 0 Å². The van der Waals surface area contributed by atoms with Gasteiger partial charge >= 0.3 is 0 Å². The summed E-state index contributed by atoms with van der Waals surface area (Å²) in [6, 6.07) is 12.7. The van der Waals surface area contributed by atoms with Crippen molar-refractivity contribution >= 4 is 17.3 Å². The zero-order chi connectivity index (χ0) is 13.1. The lowest BCUT2D eigenvalue weighted by molar-refractivity contribution is 1.13. The Kier molecular flexibility index (Phi) is 3.93. The second kappa shape index (κ2) is 5.45. The number of rotatable bonds is 3. The minimum Gasteiger partial charge on any atom is -0.381 e. The smallest absolute Gasteiger partial charge is 0.0455 e. The second-order valence-corrected chi connectivity index (χ2v) is 5.22. The van der Waals surface area contributed by atoms with Crippen LogP contribution in [0.5, 0.6) is 0 Å². The van der Waals surface area contributed by atoms with Crippen LogP contribution in [0.1, 0.15) is 22.3 Å². The molecule has 0 heterocycles. The van der Waals surface area contributed by atoms with E-state index in [-0.39, 0.29) is 0 Å². The van der Waals surface area contributed by atoms with E-state index in [0.29, 0.717) is 0 Å². The average Bonchev–Trinajstić information content (AvgIpc) is 2.29. The van der Waals surface area contributed by atoms with Gasteiger partial charge in [0.05, 0.1) is 0 Å². The number of hydrogen-bond donors (Lipinski definition) is 1. The lowest BCUT2D eigenvalue weighted by Gasteiger charge is -2.09. The van der Waals surface area contributed by atoms with Gasteiger partial charge in [-0.1, -0.05) is 47.0 Å². The molecular weight excluding hydrogens is 242 g/mol. The lowest BCUT2D eigenvalue weighted by atomic mass is 10.1. The van der Waals surface area contributed by atoms with Gasteiger partial charge in [0.15, 0.2) is 0 Å². The molecular formula is C16H18ClN. The third kappa shape index (κ3) is 3.27. The number of aryl methyl sites for hydroxylation is 3. The van der Waals surface area contributed by atoms with E-state index in [0.717, 1.165) is 22.8 Å². The molecule has 0 atom stereocenters. The number of benzene rings is 2. The van der Waals surface area contributed by atoms with Crippen LogP contribution in [-0.2, 0) is 6.54 Å². The molecule has 0 bridgehead atoms. The van der Waals surface area contributed by atoms with Crippen molar-refractivity contribution in [3.63, 3.8) is 0 Å². The summed E-state index contributed by atoms with van der Waals surface area (Å²) < 4.78 is 0. The Morgan fingerprint density at radius 3 is 2.22 bits per heavy atom. The van der Waals surface area contributed by atoms with E-state index in [2.05, 4.69) is 43.4 Å². The van der Waals surface area contributed by atoms with Crippen LogP contribution in [-0.4, -0.2) is 0 Å². The van der Waals surface area contributed by atoms with E-state index in [1.165, 1.54) is 16.7 Å². The Hall–Kier alpha value is -1.47. The predicted molar refractivity (Wildman–Crippen MR) is 79.4 cm³/mol. The van der Waals surface area contributed by atoms with Crippen LogP contribution >= 0.6 is 11.6 Å². The molecule has 2 heteroatoms. The maximum absolute atomic E-state index is 6.11. The molecule has 0 aromatic heterocycles. The minimum atomic E-state index is 0.806. The fourth-order valence-electron chi connectivity index (χ4n) is 2.08. The van der Waals surface area contributed by atoms with Crippen molar-refractivity contribution in [2.24, 2.45) is 0 Å². The van der Waals surface area contributed by atoms with E-state index >= 15 is 0 Å². The van der Waals surface area contributed by atoms with Crippen LogP contribution in [0, 0.1) is 20.8 Å². The van der Waals surface area contributed by atoms with Crippen LogP contribution in [0.4, 0.5) is 5.69 Å². The fourth-order valence-corrected chi connectivity index (χ4v) is 2.26. The number of anilines is 1. The SMILES string of the molecule is Cc1cc(C)cc(CNc2ccc(C)c(Cl)c2)c1. The summed E-state index contributed by atoms with van der Waals surface area (Å²) >= 11 is 6.11. The highest BCUT2D eigenvalue weighted by atomic mass is 35.5. The third-order valence-corrected chi connectivity index (χ3v) is 3.36. The van der Waals surface area contributed by atoms with Gasteiger partial charge in [0.2, 0.25) is 0 Å². The van der Waals surface area contributed by atoms with Gasteiger partial charge < -0.3 is 5.32 Å². The highest BCUT2D eigenvalue weighted by Gasteiger charge is 1.99. The first-order valence-electron chi connectivity index (χ1n) is 6.12. The van der Waals surface area contributed by atoms with E-state index in [9.17, 15) is 0 Å². The maximum atomic E-state index is 6.11. The zero-order valence-electron chi connectivity index (χ0n) is 11.0. The Morgan fingerprint density at radius 2 is 1.61 bits per heavy atom. The maximum Gasteiger partial charge on any atom is 0.0455 e. The van der Waals surface area contributed by atoms with Crippen LogP contribution in [0.3, 0.4) is 0 Å². The molecule has 0 amide bonds. The van der Waals surface area contributed by atoms with Crippen LogP contribution in [0.15, 0.2) is 36.4 Å². The molecule has 0 aliphatic heterocycles. The molecule has 0 unspecified atom stereocenters. The molecule has 1 N–H and O–H groups in total. The number of nitrogens with one attached hydrogen (secondary N) is 1. The van der Waals surface area contributed by atoms with Crippen LogP contribution < -0.4 is 5.32 Å². The monoisotopic (exact) mass is 259 g/mol. The first kappa shape index (κ1) is 13.0. The van der Waals surface area contributed by atoms with Gasteiger partial charge in [0.1, 0.15) is 0 Å². The van der Waals surface area contributed by atoms with Crippen molar-refractivity contribution in [1.29, 1.82) is 0 Å². The second-order valence-electron chi connectivity index (χ2n) is 4.81. The molecule has 0 saturated heterocycles. The summed E-state index contributed by atoms with van der Waals surface area (Å²) in [6.07, 6.45) is 0. The Balaban J connectivity index is 2.08. The third-order valence-electron chi connectivity index (χ3n) is 2.95. The highest BCUT2D eigenvalue weighted by Crippen LogP contribution is 2.20. The first-order chi connectivity index (χ1) is 8.54. The summed E-state index contributed by atoms with van der Waals surface area (Å²) in [5, 5.41) is 4.20. The Morgan fingerprint density at radius 1 is 0.944 bits per heavy atom. The van der Waals surface area contributed by atoms with Gasteiger partial charge in [0, 0.05) is 17.3 Å². The first-order valence-corrected chi connectivity index (χ1v) is 6.49. The quantitative estimate of drug-likeness (QED) is 0.829. The number of halogens is 1. The molecule has 2 aromatic carbocycles. The van der Waals surface area contributed by atoms with E-state index in [1.807, 2.05) is 19.1 Å². The van der Waals surface area contributed by atoms with Gasteiger partial charge in [-0.25, -0.2) is 0 Å². The van der Waals surface area contributed by atoms with E-state index < -0.39 is 0 Å². The van der Waals surface area contributed by atoms with Crippen molar-refractivity contribution in [1.82, 2.24) is 0 Å². The standard InChI is InChI=1S/C16H18ClN/c1-11-6-12(2)8-14(7-11)10-18-15-5-4-13(3)16(17)9-15/h4-9,18H,10H2,1-3H3. The topological polar surface area (TPSA) is 12.0 Å². The van der Waals surface area contributed by atoms with Crippen molar-refractivity contribution in [2.45, 2.75) is 27.3 Å². The molecule has 0 saturated carbocycles. The van der Waals surface area contributed by atoms with Crippen LogP contribution in [0.2, 0.25) is 5.02 Å². The number of hydrogen-bond acceptors (Lipinski definition) is 1. The molecule has 0 radical (unpaired) electrons. The van der Waals surface area contributed by atoms with Gasteiger partial charge in [-0.05, 0) is 44.0 Å². The molecule has 0 aliphatic carbocycles. The summed E-state index contributed by atoms with van der Waals surface area (Å²) in [5.41, 5.74) is 6.06. The largest absolute Gasteiger partial charge is 0.381 e. The van der Waals surface area contributed by atoms with Crippen LogP contribution in [0.25, 0.3) is 0 Å². The average molecular weight is 260 g/mol. The van der Waals surface area contributed by atoms with Crippen molar-refractivity contribution in [2.75, 3.05) is 5.32 Å². The molecule has 94 valence electrons. The van der Waals surface area contributed by atoms with Crippen molar-refractivity contribution in [3.8, 4) is 0 Å². The highest BCUT2D eigenvalue weighted by molar-refractivity contribution is 6.31. The normalized spacial score (nSPS) is 10.4. The summed E-state index contributed by atoms with van der Waals surface area (Å²) in [5.74, 6) is 0. The molecule has 0 spiro atoms. The molecule has 0 aliphatic rings. The summed E-state index contributed by atoms with van der Waals surface area (Å²) in [6.45, 7) is 7.08. The predicted octanol–water partition coefficient (Wildman–Crippen LogP) is 4.88. The Labute approximate surface area is 114 Å². The minimum absolute atomic E-state index is 0.806. The lowest BCUT2D eigenvalue weighted by Crippen LogP contribution is -2.00. The van der Waals surface area contributed by atoms with Crippen molar-refractivity contribution in [3.05, 3.63) is 63.7 Å². The fraction of sp³-hybridized carbons (Fsp3) is 0.250. The molecule has 1 nitrogen and oxygen atoms in total. The van der Waals surface area contributed by atoms with E-state index in [1.54, 1.807) is 0 Å². The summed E-state index contributed by atoms with van der Waals surface area (Å²) in [7, 11) is 0. The zero-order valence-corrected chi connectivity index (χ0v) is 11.8. The van der Waals surface area contributed by atoms with Gasteiger partial charge in [-0.15, -0.1) is 0 Å². The Bertz CT molecular complexity index is 541. The molecule has 2 rings (SSSR count). The molecule has 18 heavy (non-hydrogen) atoms. The molecule has 0 fully saturated rings. The van der Waals surface area contributed by atoms with E-state index in [4.69, 9.17) is 11.6 Å².